The van der Waals surface area contributed by atoms with Crippen molar-refractivity contribution in [1.29, 1.82) is 0 Å². The van der Waals surface area contributed by atoms with Crippen molar-refractivity contribution < 1.29 is 0 Å². The Hall–Kier alpha value is -3.02. The van der Waals surface area contributed by atoms with Crippen molar-refractivity contribution in [2.75, 3.05) is 10.6 Å². The molecule has 2 aromatic heterocycles. The monoisotopic (exact) mass is 320 g/mol. The van der Waals surface area contributed by atoms with Gasteiger partial charge in [-0.1, -0.05) is 32.0 Å². The van der Waals surface area contributed by atoms with Gasteiger partial charge < -0.3 is 10.6 Å². The van der Waals surface area contributed by atoms with Crippen molar-refractivity contribution in [3.8, 4) is 0 Å². The Morgan fingerprint density at radius 1 is 1.04 bits per heavy atom. The fourth-order valence-corrected chi connectivity index (χ4v) is 2.37. The molecule has 0 aliphatic rings. The first-order valence-corrected chi connectivity index (χ1v) is 7.91. The van der Waals surface area contributed by atoms with Gasteiger partial charge in [-0.05, 0) is 35.2 Å². The van der Waals surface area contributed by atoms with Gasteiger partial charge in [0.2, 0.25) is 5.95 Å². The summed E-state index contributed by atoms with van der Waals surface area (Å²) in [4.78, 5) is 8.48. The molecule has 0 amide bonds. The Labute approximate surface area is 141 Å². The lowest BCUT2D eigenvalue weighted by molar-refractivity contribution is 0.867. The maximum Gasteiger partial charge on any atom is 0.249 e. The van der Waals surface area contributed by atoms with Crippen molar-refractivity contribution in [1.82, 2.24) is 20.2 Å². The summed E-state index contributed by atoms with van der Waals surface area (Å²) in [7, 11) is 0. The van der Waals surface area contributed by atoms with E-state index in [0.29, 0.717) is 24.2 Å². The summed E-state index contributed by atoms with van der Waals surface area (Å²) >= 11 is 0. The van der Waals surface area contributed by atoms with Crippen molar-refractivity contribution in [2.45, 2.75) is 26.3 Å². The Kier molecular flexibility index (Phi) is 4.96. The summed E-state index contributed by atoms with van der Waals surface area (Å²) in [5.41, 5.74) is 3.35. The van der Waals surface area contributed by atoms with E-state index in [1.807, 2.05) is 30.3 Å². The molecule has 122 valence electrons. The molecule has 3 rings (SSSR count). The molecular formula is C18H20N6. The number of aromatic nitrogens is 4. The molecule has 0 radical (unpaired) electrons. The van der Waals surface area contributed by atoms with Crippen LogP contribution in [0.3, 0.4) is 0 Å². The van der Waals surface area contributed by atoms with Crippen LogP contribution < -0.4 is 10.6 Å². The Morgan fingerprint density at radius 2 is 1.83 bits per heavy atom. The number of hydrogen-bond acceptors (Lipinski definition) is 6. The molecule has 0 spiro atoms. The maximum atomic E-state index is 4.47. The van der Waals surface area contributed by atoms with Gasteiger partial charge in [-0.25, -0.2) is 0 Å². The average Bonchev–Trinajstić information content (AvgIpc) is 2.61. The van der Waals surface area contributed by atoms with Gasteiger partial charge in [0.1, 0.15) is 0 Å². The van der Waals surface area contributed by atoms with Crippen LogP contribution in [-0.2, 0) is 6.54 Å². The number of hydrogen-bond donors (Lipinski definition) is 2. The molecule has 0 fully saturated rings. The zero-order valence-electron chi connectivity index (χ0n) is 13.8. The third kappa shape index (κ3) is 4.04. The SMILES string of the molecule is CC(C)c1ccccc1Nc1nncc(NCc2ccncc2)n1. The van der Waals surface area contributed by atoms with Crippen LogP contribution in [0.2, 0.25) is 0 Å². The van der Waals surface area contributed by atoms with Crippen molar-refractivity contribution in [2.24, 2.45) is 0 Å². The fourth-order valence-electron chi connectivity index (χ4n) is 2.37. The van der Waals surface area contributed by atoms with Crippen molar-refractivity contribution in [3.05, 3.63) is 66.1 Å². The minimum Gasteiger partial charge on any atom is -0.365 e. The number of nitrogens with one attached hydrogen (secondary N) is 2. The van der Waals surface area contributed by atoms with Crippen LogP contribution in [0.15, 0.2) is 55.0 Å². The summed E-state index contributed by atoms with van der Waals surface area (Å²) < 4.78 is 0. The molecule has 6 nitrogen and oxygen atoms in total. The fraction of sp³-hybridized carbons (Fsp3) is 0.222. The van der Waals surface area contributed by atoms with Gasteiger partial charge in [0.05, 0.1) is 6.20 Å². The quantitative estimate of drug-likeness (QED) is 0.720. The second-order valence-corrected chi connectivity index (χ2v) is 5.74. The molecular weight excluding hydrogens is 300 g/mol. The van der Waals surface area contributed by atoms with Gasteiger partial charge in [0.15, 0.2) is 5.82 Å². The Balaban J connectivity index is 1.72. The molecule has 2 heterocycles. The number of pyridine rings is 1. The Morgan fingerprint density at radius 3 is 2.62 bits per heavy atom. The zero-order valence-corrected chi connectivity index (χ0v) is 13.8. The molecule has 0 saturated carbocycles. The van der Waals surface area contributed by atoms with E-state index in [1.54, 1.807) is 18.6 Å². The first-order chi connectivity index (χ1) is 11.7. The number of benzene rings is 1. The lowest BCUT2D eigenvalue weighted by Gasteiger charge is -2.13. The lowest BCUT2D eigenvalue weighted by Crippen LogP contribution is -2.06. The van der Waals surface area contributed by atoms with Gasteiger partial charge >= 0.3 is 0 Å². The van der Waals surface area contributed by atoms with E-state index < -0.39 is 0 Å². The van der Waals surface area contributed by atoms with Crippen LogP contribution in [0.25, 0.3) is 0 Å². The highest BCUT2D eigenvalue weighted by Gasteiger charge is 2.08. The third-order valence-corrected chi connectivity index (χ3v) is 3.61. The van der Waals surface area contributed by atoms with Gasteiger partial charge in [-0.3, -0.25) is 4.98 Å². The standard InChI is InChI=1S/C18H20N6/c1-13(2)15-5-3-4-6-16(15)22-18-23-17(12-21-24-18)20-11-14-7-9-19-10-8-14/h3-10,12-13H,11H2,1-2H3,(H2,20,22,23,24). The lowest BCUT2D eigenvalue weighted by atomic mass is 10.0. The smallest absolute Gasteiger partial charge is 0.249 e. The minimum atomic E-state index is 0.412. The highest BCUT2D eigenvalue weighted by atomic mass is 15.3. The van der Waals surface area contributed by atoms with E-state index in [4.69, 9.17) is 0 Å². The molecule has 0 bridgehead atoms. The van der Waals surface area contributed by atoms with Crippen LogP contribution in [0, 0.1) is 0 Å². The highest BCUT2D eigenvalue weighted by Crippen LogP contribution is 2.25. The molecule has 3 aromatic rings. The second-order valence-electron chi connectivity index (χ2n) is 5.74. The topological polar surface area (TPSA) is 75.6 Å². The van der Waals surface area contributed by atoms with E-state index in [-0.39, 0.29) is 0 Å². The maximum absolute atomic E-state index is 4.47. The van der Waals surface area contributed by atoms with E-state index in [2.05, 4.69) is 50.7 Å². The zero-order chi connectivity index (χ0) is 16.8. The van der Waals surface area contributed by atoms with E-state index in [9.17, 15) is 0 Å². The van der Waals surface area contributed by atoms with Gasteiger partial charge in [0, 0.05) is 24.6 Å². The molecule has 0 aliphatic heterocycles. The minimum absolute atomic E-state index is 0.412. The van der Waals surface area contributed by atoms with Gasteiger partial charge in [-0.15, -0.1) is 5.10 Å². The molecule has 0 atom stereocenters. The molecule has 6 heteroatoms. The normalized spacial score (nSPS) is 10.6. The third-order valence-electron chi connectivity index (χ3n) is 3.61. The molecule has 24 heavy (non-hydrogen) atoms. The molecule has 1 aromatic carbocycles. The summed E-state index contributed by atoms with van der Waals surface area (Å²) in [5, 5.41) is 14.6. The number of anilines is 3. The first kappa shape index (κ1) is 15.9. The molecule has 0 unspecified atom stereocenters. The summed E-state index contributed by atoms with van der Waals surface area (Å²) in [6, 6.07) is 12.1. The van der Waals surface area contributed by atoms with Crippen LogP contribution in [0.1, 0.15) is 30.9 Å². The number of nitrogens with zero attached hydrogens (tertiary/aromatic N) is 4. The van der Waals surface area contributed by atoms with Crippen LogP contribution >= 0.6 is 0 Å². The summed E-state index contributed by atoms with van der Waals surface area (Å²) in [5.74, 6) is 1.56. The van der Waals surface area contributed by atoms with E-state index in [0.717, 1.165) is 11.3 Å². The van der Waals surface area contributed by atoms with Gasteiger partial charge in [0.25, 0.3) is 0 Å². The summed E-state index contributed by atoms with van der Waals surface area (Å²) in [6.45, 7) is 4.97. The highest BCUT2D eigenvalue weighted by molar-refractivity contribution is 5.59. The second kappa shape index (κ2) is 7.50. The Bertz CT molecular complexity index is 788. The van der Waals surface area contributed by atoms with Crippen molar-refractivity contribution in [3.63, 3.8) is 0 Å². The predicted molar refractivity (Wildman–Crippen MR) is 95.2 cm³/mol. The van der Waals surface area contributed by atoms with Crippen LogP contribution in [0.4, 0.5) is 17.5 Å². The van der Waals surface area contributed by atoms with E-state index >= 15 is 0 Å². The predicted octanol–water partition coefficient (Wildman–Crippen LogP) is 3.75. The van der Waals surface area contributed by atoms with Crippen LogP contribution in [-0.4, -0.2) is 20.2 Å². The van der Waals surface area contributed by atoms with Crippen LogP contribution in [0.5, 0.6) is 0 Å². The molecule has 0 aliphatic carbocycles. The summed E-state index contributed by atoms with van der Waals surface area (Å²) in [6.07, 6.45) is 5.15. The molecule has 2 N–H and O–H groups in total. The van der Waals surface area contributed by atoms with Gasteiger partial charge in [-0.2, -0.15) is 10.1 Å². The first-order valence-electron chi connectivity index (χ1n) is 7.91. The van der Waals surface area contributed by atoms with Crippen molar-refractivity contribution >= 4 is 17.5 Å². The number of rotatable bonds is 6. The number of para-hydroxylation sites is 1. The average molecular weight is 320 g/mol. The van der Waals surface area contributed by atoms with E-state index in [1.165, 1.54) is 5.56 Å². The molecule has 0 saturated heterocycles. The largest absolute Gasteiger partial charge is 0.365 e.